The number of hydrogen-bond acceptors (Lipinski definition) is 6. The average molecular weight is 317 g/mol. The van der Waals surface area contributed by atoms with E-state index in [0.717, 1.165) is 12.1 Å². The predicted octanol–water partition coefficient (Wildman–Crippen LogP) is 1.67. The van der Waals surface area contributed by atoms with Gasteiger partial charge in [-0.05, 0) is 6.07 Å². The van der Waals surface area contributed by atoms with Crippen molar-refractivity contribution >= 4 is 27.0 Å². The van der Waals surface area contributed by atoms with Gasteiger partial charge in [0, 0.05) is 23.7 Å². The minimum atomic E-state index is -3.95. The SMILES string of the molecule is O=[N+]([O-])c1ccc(S(=O)(=O)NCc2nccs2)cc1F. The third-order valence-corrected chi connectivity index (χ3v) is 4.50. The first-order valence-corrected chi connectivity index (χ1v) is 7.58. The van der Waals surface area contributed by atoms with Crippen molar-refractivity contribution in [2.24, 2.45) is 0 Å². The van der Waals surface area contributed by atoms with Gasteiger partial charge in [-0.1, -0.05) is 0 Å². The van der Waals surface area contributed by atoms with Crippen LogP contribution in [0, 0.1) is 15.9 Å². The van der Waals surface area contributed by atoms with Gasteiger partial charge in [0.05, 0.1) is 16.4 Å². The van der Waals surface area contributed by atoms with Gasteiger partial charge in [0.25, 0.3) is 0 Å². The van der Waals surface area contributed by atoms with Crippen molar-refractivity contribution in [1.82, 2.24) is 9.71 Å². The molecule has 7 nitrogen and oxygen atoms in total. The number of nitrogens with one attached hydrogen (secondary N) is 1. The Hall–Kier alpha value is -1.91. The van der Waals surface area contributed by atoms with Crippen LogP contribution in [0.25, 0.3) is 0 Å². The molecule has 0 spiro atoms. The molecule has 0 atom stereocenters. The van der Waals surface area contributed by atoms with Crippen LogP contribution in [-0.4, -0.2) is 18.3 Å². The van der Waals surface area contributed by atoms with E-state index in [1.807, 2.05) is 0 Å². The zero-order valence-corrected chi connectivity index (χ0v) is 11.4. The van der Waals surface area contributed by atoms with E-state index in [1.165, 1.54) is 17.5 Å². The normalized spacial score (nSPS) is 11.4. The third kappa shape index (κ3) is 3.15. The molecule has 1 heterocycles. The monoisotopic (exact) mass is 317 g/mol. The number of rotatable bonds is 5. The van der Waals surface area contributed by atoms with Crippen molar-refractivity contribution in [3.63, 3.8) is 0 Å². The molecule has 1 aromatic carbocycles. The Morgan fingerprint density at radius 3 is 2.75 bits per heavy atom. The predicted molar refractivity (Wildman–Crippen MR) is 69.2 cm³/mol. The molecular weight excluding hydrogens is 309 g/mol. The van der Waals surface area contributed by atoms with Gasteiger partial charge in [0.15, 0.2) is 0 Å². The number of nitro benzene ring substituents is 1. The van der Waals surface area contributed by atoms with Crippen LogP contribution in [-0.2, 0) is 16.6 Å². The van der Waals surface area contributed by atoms with Crippen LogP contribution in [0.3, 0.4) is 0 Å². The van der Waals surface area contributed by atoms with E-state index in [0.29, 0.717) is 11.1 Å². The number of sulfonamides is 1. The summed E-state index contributed by atoms with van der Waals surface area (Å²) in [5.74, 6) is -1.20. The van der Waals surface area contributed by atoms with Gasteiger partial charge in [-0.25, -0.2) is 18.1 Å². The number of nitrogens with zero attached hydrogens (tertiary/aromatic N) is 2. The van der Waals surface area contributed by atoms with Gasteiger partial charge in [0.1, 0.15) is 5.01 Å². The molecular formula is C10H8FN3O4S2. The Bertz CT molecular complexity index is 731. The van der Waals surface area contributed by atoms with Gasteiger partial charge >= 0.3 is 5.69 Å². The standard InChI is InChI=1S/C10H8FN3O4S2/c11-8-5-7(1-2-9(8)14(15)16)20(17,18)13-6-10-12-3-4-19-10/h1-5,13H,6H2. The molecule has 10 heteroatoms. The molecule has 0 fully saturated rings. The molecule has 20 heavy (non-hydrogen) atoms. The molecule has 1 N–H and O–H groups in total. The molecule has 2 aromatic rings. The highest BCUT2D eigenvalue weighted by Gasteiger charge is 2.20. The lowest BCUT2D eigenvalue weighted by Crippen LogP contribution is -2.23. The zero-order valence-electron chi connectivity index (χ0n) is 9.82. The van der Waals surface area contributed by atoms with Gasteiger partial charge < -0.3 is 0 Å². The summed E-state index contributed by atoms with van der Waals surface area (Å²) < 4.78 is 39.4. The highest BCUT2D eigenvalue weighted by molar-refractivity contribution is 7.89. The molecule has 0 saturated heterocycles. The first-order valence-electron chi connectivity index (χ1n) is 5.22. The van der Waals surface area contributed by atoms with Crippen molar-refractivity contribution in [1.29, 1.82) is 0 Å². The lowest BCUT2D eigenvalue weighted by molar-refractivity contribution is -0.387. The van der Waals surface area contributed by atoms with Crippen LogP contribution in [0.15, 0.2) is 34.7 Å². The molecule has 1 aromatic heterocycles. The van der Waals surface area contributed by atoms with E-state index in [9.17, 15) is 22.9 Å². The van der Waals surface area contributed by atoms with E-state index in [1.54, 1.807) is 5.38 Å². The maximum atomic E-state index is 13.4. The molecule has 0 amide bonds. The first kappa shape index (κ1) is 14.5. The van der Waals surface area contributed by atoms with Gasteiger partial charge in [0.2, 0.25) is 15.8 Å². The van der Waals surface area contributed by atoms with Crippen LogP contribution in [0.5, 0.6) is 0 Å². The van der Waals surface area contributed by atoms with Crippen LogP contribution in [0.1, 0.15) is 5.01 Å². The fourth-order valence-corrected chi connectivity index (χ4v) is 3.03. The minimum absolute atomic E-state index is 0.0292. The summed E-state index contributed by atoms with van der Waals surface area (Å²) >= 11 is 1.27. The largest absolute Gasteiger partial charge is 0.304 e. The zero-order chi connectivity index (χ0) is 14.8. The van der Waals surface area contributed by atoms with Gasteiger partial charge in [-0.15, -0.1) is 11.3 Å². The van der Waals surface area contributed by atoms with Crippen LogP contribution in [0.4, 0.5) is 10.1 Å². The number of hydrogen-bond donors (Lipinski definition) is 1. The molecule has 106 valence electrons. The van der Waals surface area contributed by atoms with Crippen molar-refractivity contribution in [2.45, 2.75) is 11.4 Å². The topological polar surface area (TPSA) is 102 Å². The number of thiazole rings is 1. The van der Waals surface area contributed by atoms with Crippen molar-refractivity contribution in [2.75, 3.05) is 0 Å². The Kier molecular flexibility index (Phi) is 4.06. The molecule has 0 radical (unpaired) electrons. The summed E-state index contributed by atoms with van der Waals surface area (Å²) in [5, 5.41) is 12.7. The van der Waals surface area contributed by atoms with Gasteiger partial charge in [-0.2, -0.15) is 4.39 Å². The molecule has 0 unspecified atom stereocenters. The Morgan fingerprint density at radius 2 is 2.20 bits per heavy atom. The second kappa shape index (κ2) is 5.61. The summed E-state index contributed by atoms with van der Waals surface area (Å²) in [6, 6.07) is 2.40. The number of nitro groups is 1. The van der Waals surface area contributed by atoms with E-state index >= 15 is 0 Å². The minimum Gasteiger partial charge on any atom is -0.258 e. The van der Waals surface area contributed by atoms with E-state index < -0.39 is 26.5 Å². The van der Waals surface area contributed by atoms with Crippen molar-refractivity contribution in [3.8, 4) is 0 Å². The fraction of sp³-hybridized carbons (Fsp3) is 0.100. The second-order valence-corrected chi connectivity index (χ2v) is 6.37. The van der Waals surface area contributed by atoms with Crippen LogP contribution < -0.4 is 4.72 Å². The summed E-state index contributed by atoms with van der Waals surface area (Å²) in [4.78, 5) is 13.1. The fourth-order valence-electron chi connectivity index (χ4n) is 1.38. The van der Waals surface area contributed by atoms with Gasteiger partial charge in [-0.3, -0.25) is 10.1 Å². The highest BCUT2D eigenvalue weighted by Crippen LogP contribution is 2.20. The molecule has 0 aliphatic heterocycles. The maximum absolute atomic E-state index is 13.4. The van der Waals surface area contributed by atoms with Crippen LogP contribution >= 0.6 is 11.3 Å². The summed E-state index contributed by atoms with van der Waals surface area (Å²) in [5.41, 5.74) is -0.774. The number of benzene rings is 1. The Balaban J connectivity index is 2.21. The average Bonchev–Trinajstić information content (AvgIpc) is 2.89. The lowest BCUT2D eigenvalue weighted by Gasteiger charge is -2.05. The smallest absolute Gasteiger partial charge is 0.258 e. The summed E-state index contributed by atoms with van der Waals surface area (Å²) in [6.45, 7) is -0.0292. The number of halogens is 1. The highest BCUT2D eigenvalue weighted by atomic mass is 32.2. The van der Waals surface area contributed by atoms with Crippen molar-refractivity contribution < 1.29 is 17.7 Å². The first-order chi connectivity index (χ1) is 9.40. The molecule has 2 rings (SSSR count). The Labute approximate surface area is 117 Å². The second-order valence-electron chi connectivity index (χ2n) is 3.62. The maximum Gasteiger partial charge on any atom is 0.304 e. The molecule has 0 aliphatic carbocycles. The van der Waals surface area contributed by atoms with Crippen molar-refractivity contribution in [3.05, 3.63) is 50.7 Å². The molecule has 0 aliphatic rings. The molecule has 0 saturated carbocycles. The summed E-state index contributed by atoms with van der Waals surface area (Å²) in [7, 11) is -3.95. The third-order valence-electron chi connectivity index (χ3n) is 2.32. The lowest BCUT2D eigenvalue weighted by atomic mass is 10.3. The molecule has 0 bridgehead atoms. The van der Waals surface area contributed by atoms with E-state index in [-0.39, 0.29) is 11.4 Å². The van der Waals surface area contributed by atoms with Crippen LogP contribution in [0.2, 0.25) is 0 Å². The van der Waals surface area contributed by atoms with E-state index in [2.05, 4.69) is 9.71 Å². The quantitative estimate of drug-likeness (QED) is 0.667. The Morgan fingerprint density at radius 1 is 1.45 bits per heavy atom. The number of aromatic nitrogens is 1. The summed E-state index contributed by atoms with van der Waals surface area (Å²) in [6.07, 6.45) is 1.53. The van der Waals surface area contributed by atoms with E-state index in [4.69, 9.17) is 0 Å².